The van der Waals surface area contributed by atoms with Crippen LogP contribution in [0.3, 0.4) is 0 Å². The molecule has 0 heterocycles. The molecule has 0 spiro atoms. The fourth-order valence-corrected chi connectivity index (χ4v) is 2.66. The number of hydrogen-bond donors (Lipinski definition) is 0. The highest BCUT2D eigenvalue weighted by Gasteiger charge is 2.10. The Morgan fingerprint density at radius 3 is 2.53 bits per heavy atom. The van der Waals surface area contributed by atoms with Crippen LogP contribution < -0.4 is 4.90 Å². The fourth-order valence-electron chi connectivity index (χ4n) is 1.76. The van der Waals surface area contributed by atoms with Gasteiger partial charge in [0.15, 0.2) is 0 Å². The molecule has 0 fully saturated rings. The summed E-state index contributed by atoms with van der Waals surface area (Å²) in [5.41, 5.74) is 2.37. The fraction of sp³-hybridized carbons (Fsp3) is 0.571. The van der Waals surface area contributed by atoms with Crippen molar-refractivity contribution in [3.05, 3.63) is 28.8 Å². The van der Waals surface area contributed by atoms with Gasteiger partial charge in [-0.05, 0) is 30.5 Å². The lowest BCUT2D eigenvalue weighted by Crippen LogP contribution is -2.28. The van der Waals surface area contributed by atoms with E-state index in [1.165, 1.54) is 12.1 Å². The van der Waals surface area contributed by atoms with Crippen LogP contribution >= 0.6 is 27.5 Å². The Morgan fingerprint density at radius 2 is 2.06 bits per heavy atom. The van der Waals surface area contributed by atoms with Crippen molar-refractivity contribution in [3.8, 4) is 0 Å². The van der Waals surface area contributed by atoms with Crippen molar-refractivity contribution in [3.63, 3.8) is 0 Å². The van der Waals surface area contributed by atoms with Gasteiger partial charge in [0.25, 0.3) is 0 Å². The van der Waals surface area contributed by atoms with Gasteiger partial charge in [-0.25, -0.2) is 0 Å². The van der Waals surface area contributed by atoms with Gasteiger partial charge in [0.05, 0.1) is 0 Å². The molecule has 0 aromatic heterocycles. The quantitative estimate of drug-likeness (QED) is 0.659. The Kier molecular flexibility index (Phi) is 6.35. The summed E-state index contributed by atoms with van der Waals surface area (Å²) in [5.74, 6) is 0.713. The molecule has 0 saturated heterocycles. The molecule has 1 aromatic rings. The Hall–Kier alpha value is -0.210. The second-order valence-corrected chi connectivity index (χ2v) is 5.43. The number of alkyl halides is 1. The molecule has 96 valence electrons. The van der Waals surface area contributed by atoms with Gasteiger partial charge in [-0.1, -0.05) is 53.9 Å². The molecule has 1 nitrogen and oxygen atoms in total. The maximum atomic E-state index is 6.24. The zero-order valence-corrected chi connectivity index (χ0v) is 13.2. The largest absolute Gasteiger partial charge is 0.372 e. The summed E-state index contributed by atoms with van der Waals surface area (Å²) in [6.07, 6.45) is 1.21. The lowest BCUT2D eigenvalue weighted by molar-refractivity contribution is 0.548. The van der Waals surface area contributed by atoms with Crippen LogP contribution in [0.15, 0.2) is 18.2 Å². The summed E-state index contributed by atoms with van der Waals surface area (Å²) < 4.78 is 0. The van der Waals surface area contributed by atoms with E-state index in [0.717, 1.165) is 29.0 Å². The molecule has 1 unspecified atom stereocenters. The van der Waals surface area contributed by atoms with Crippen LogP contribution in [-0.2, 0) is 5.33 Å². The minimum absolute atomic E-state index is 0.713. The SMILES string of the molecule is CCC(C)CN(CC)c1ccc(CBr)c(Cl)c1. The topological polar surface area (TPSA) is 3.24 Å². The van der Waals surface area contributed by atoms with E-state index in [9.17, 15) is 0 Å². The third kappa shape index (κ3) is 4.18. The molecule has 3 heteroatoms. The summed E-state index contributed by atoms with van der Waals surface area (Å²) in [7, 11) is 0. The predicted molar refractivity (Wildman–Crippen MR) is 81.4 cm³/mol. The normalized spacial score (nSPS) is 12.5. The molecular formula is C14H21BrClN. The molecule has 0 aliphatic rings. The van der Waals surface area contributed by atoms with E-state index >= 15 is 0 Å². The molecule has 0 saturated carbocycles. The smallest absolute Gasteiger partial charge is 0.0467 e. The van der Waals surface area contributed by atoms with Crippen LogP contribution in [0.25, 0.3) is 0 Å². The van der Waals surface area contributed by atoms with E-state index in [2.05, 4.69) is 59.8 Å². The van der Waals surface area contributed by atoms with Gasteiger partial charge in [-0.3, -0.25) is 0 Å². The third-order valence-corrected chi connectivity index (χ3v) is 4.11. The second-order valence-electron chi connectivity index (χ2n) is 4.46. The molecule has 17 heavy (non-hydrogen) atoms. The Labute approximate surface area is 118 Å². The van der Waals surface area contributed by atoms with Gasteiger partial charge in [0.2, 0.25) is 0 Å². The maximum absolute atomic E-state index is 6.24. The van der Waals surface area contributed by atoms with Gasteiger partial charge in [-0.2, -0.15) is 0 Å². The van der Waals surface area contributed by atoms with Crippen molar-refractivity contribution < 1.29 is 0 Å². The molecule has 0 radical (unpaired) electrons. The summed E-state index contributed by atoms with van der Waals surface area (Å²) >= 11 is 9.68. The van der Waals surface area contributed by atoms with Crippen LogP contribution in [-0.4, -0.2) is 13.1 Å². The van der Waals surface area contributed by atoms with Crippen molar-refractivity contribution in [1.29, 1.82) is 0 Å². The van der Waals surface area contributed by atoms with Gasteiger partial charge >= 0.3 is 0 Å². The van der Waals surface area contributed by atoms with E-state index in [-0.39, 0.29) is 0 Å². The van der Waals surface area contributed by atoms with E-state index in [1.807, 2.05) is 0 Å². The average molecular weight is 319 g/mol. The summed E-state index contributed by atoms with van der Waals surface area (Å²) in [6.45, 7) is 8.83. The highest BCUT2D eigenvalue weighted by molar-refractivity contribution is 9.08. The lowest BCUT2D eigenvalue weighted by Gasteiger charge is -2.26. The Bertz CT molecular complexity index is 354. The molecule has 0 amide bonds. The zero-order chi connectivity index (χ0) is 12.8. The van der Waals surface area contributed by atoms with Crippen LogP contribution in [0, 0.1) is 5.92 Å². The molecule has 1 atom stereocenters. The number of anilines is 1. The first-order valence-corrected chi connectivity index (χ1v) is 7.71. The summed E-state index contributed by atoms with van der Waals surface area (Å²) in [4.78, 5) is 2.39. The standard InChI is InChI=1S/C14H21BrClN/c1-4-11(3)10-17(5-2)13-7-6-12(9-15)14(16)8-13/h6-8,11H,4-5,9-10H2,1-3H3. The minimum atomic E-state index is 0.713. The van der Waals surface area contributed by atoms with E-state index < -0.39 is 0 Å². The van der Waals surface area contributed by atoms with Crippen molar-refractivity contribution in [2.45, 2.75) is 32.5 Å². The first-order chi connectivity index (χ1) is 8.12. The van der Waals surface area contributed by atoms with Crippen molar-refractivity contribution >= 4 is 33.2 Å². The molecule has 1 aromatic carbocycles. The van der Waals surface area contributed by atoms with Gasteiger partial charge in [0, 0.05) is 29.1 Å². The lowest BCUT2D eigenvalue weighted by atomic mass is 10.1. The monoisotopic (exact) mass is 317 g/mol. The number of rotatable bonds is 6. The Morgan fingerprint density at radius 1 is 1.35 bits per heavy atom. The van der Waals surface area contributed by atoms with Crippen molar-refractivity contribution in [1.82, 2.24) is 0 Å². The summed E-state index contributed by atoms with van der Waals surface area (Å²) in [6, 6.07) is 6.34. The number of halogens is 2. The van der Waals surface area contributed by atoms with E-state index in [4.69, 9.17) is 11.6 Å². The number of benzene rings is 1. The molecular weight excluding hydrogens is 298 g/mol. The second kappa shape index (κ2) is 7.27. The van der Waals surface area contributed by atoms with Crippen LogP contribution in [0.1, 0.15) is 32.8 Å². The van der Waals surface area contributed by atoms with Crippen molar-refractivity contribution in [2.24, 2.45) is 5.92 Å². The molecule has 1 rings (SSSR count). The first kappa shape index (κ1) is 14.8. The van der Waals surface area contributed by atoms with Crippen LogP contribution in [0.2, 0.25) is 5.02 Å². The molecule has 0 bridgehead atoms. The minimum Gasteiger partial charge on any atom is -0.372 e. The molecule has 0 N–H and O–H groups in total. The number of nitrogens with zero attached hydrogens (tertiary/aromatic N) is 1. The van der Waals surface area contributed by atoms with Crippen LogP contribution in [0.4, 0.5) is 5.69 Å². The predicted octanol–water partition coefficient (Wildman–Crippen LogP) is 5.11. The summed E-state index contributed by atoms with van der Waals surface area (Å²) in [5, 5.41) is 1.66. The first-order valence-electron chi connectivity index (χ1n) is 6.21. The van der Waals surface area contributed by atoms with E-state index in [0.29, 0.717) is 5.92 Å². The van der Waals surface area contributed by atoms with E-state index in [1.54, 1.807) is 0 Å². The van der Waals surface area contributed by atoms with Gasteiger partial charge in [-0.15, -0.1) is 0 Å². The Balaban J connectivity index is 2.85. The third-order valence-electron chi connectivity index (χ3n) is 3.16. The maximum Gasteiger partial charge on any atom is 0.0467 e. The van der Waals surface area contributed by atoms with Gasteiger partial charge in [0.1, 0.15) is 0 Å². The molecule has 0 aliphatic heterocycles. The van der Waals surface area contributed by atoms with Crippen LogP contribution in [0.5, 0.6) is 0 Å². The highest BCUT2D eigenvalue weighted by atomic mass is 79.9. The zero-order valence-electron chi connectivity index (χ0n) is 10.8. The number of hydrogen-bond acceptors (Lipinski definition) is 1. The highest BCUT2D eigenvalue weighted by Crippen LogP contribution is 2.26. The average Bonchev–Trinajstić information content (AvgIpc) is 2.35. The van der Waals surface area contributed by atoms with Gasteiger partial charge < -0.3 is 4.90 Å². The molecule has 0 aliphatic carbocycles. The van der Waals surface area contributed by atoms with Crippen molar-refractivity contribution in [2.75, 3.05) is 18.0 Å².